The molecule has 0 aliphatic carbocycles. The summed E-state index contributed by atoms with van der Waals surface area (Å²) in [5, 5.41) is 5.47. The number of Topliss-reactive ketones (excluding diaryl/α,β-unsaturated/α-hetero) is 1. The first-order valence-electron chi connectivity index (χ1n) is 8.44. The maximum atomic E-state index is 12.9. The van der Waals surface area contributed by atoms with Gasteiger partial charge in [-0.25, -0.2) is 0 Å². The van der Waals surface area contributed by atoms with Crippen LogP contribution in [0.4, 0.5) is 0 Å². The smallest absolute Gasteiger partial charge is 0.163 e. The second-order valence-corrected chi connectivity index (χ2v) is 6.47. The predicted molar refractivity (Wildman–Crippen MR) is 96.2 cm³/mol. The number of ketones is 1. The van der Waals surface area contributed by atoms with E-state index in [2.05, 4.69) is 34.6 Å². The highest BCUT2D eigenvalue weighted by molar-refractivity contribution is 6.08. The van der Waals surface area contributed by atoms with Crippen molar-refractivity contribution in [3.8, 4) is 0 Å². The summed E-state index contributed by atoms with van der Waals surface area (Å²) in [7, 11) is 0. The number of carbonyl (C=O) groups is 1. The van der Waals surface area contributed by atoms with Crippen LogP contribution in [0.25, 0.3) is 10.8 Å². The van der Waals surface area contributed by atoms with Crippen LogP contribution >= 0.6 is 0 Å². The number of hydrogen-bond acceptors (Lipinski definition) is 3. The van der Waals surface area contributed by atoms with E-state index >= 15 is 0 Å². The summed E-state index contributed by atoms with van der Waals surface area (Å²) in [5.74, 6) is 0.977. The fourth-order valence-electron chi connectivity index (χ4n) is 3.75. The summed E-state index contributed by atoms with van der Waals surface area (Å²) in [6.07, 6.45) is 4.15. The normalized spacial score (nSPS) is 20.3. The fourth-order valence-corrected chi connectivity index (χ4v) is 3.75. The van der Waals surface area contributed by atoms with Crippen molar-refractivity contribution in [2.75, 3.05) is 13.1 Å². The van der Waals surface area contributed by atoms with Gasteiger partial charge in [0.2, 0.25) is 0 Å². The SMILES string of the molecule is O=C(CC1CNCC1c1ccccc1)c1cccc2cnccc12. The first-order chi connectivity index (χ1) is 11.8. The summed E-state index contributed by atoms with van der Waals surface area (Å²) in [6.45, 7) is 1.85. The second kappa shape index (κ2) is 6.54. The molecule has 2 unspecified atom stereocenters. The van der Waals surface area contributed by atoms with E-state index in [0.717, 1.165) is 29.4 Å². The molecule has 3 nitrogen and oxygen atoms in total. The van der Waals surface area contributed by atoms with Gasteiger partial charge in [0.25, 0.3) is 0 Å². The van der Waals surface area contributed by atoms with Gasteiger partial charge in [-0.2, -0.15) is 0 Å². The number of fused-ring (bicyclic) bond motifs is 1. The lowest BCUT2D eigenvalue weighted by Gasteiger charge is -2.18. The lowest BCUT2D eigenvalue weighted by Crippen LogP contribution is -2.16. The van der Waals surface area contributed by atoms with Gasteiger partial charge in [0.15, 0.2) is 5.78 Å². The van der Waals surface area contributed by atoms with Crippen LogP contribution < -0.4 is 5.32 Å². The Morgan fingerprint density at radius 2 is 1.92 bits per heavy atom. The zero-order valence-corrected chi connectivity index (χ0v) is 13.5. The molecule has 0 radical (unpaired) electrons. The van der Waals surface area contributed by atoms with Crippen LogP contribution in [0.15, 0.2) is 67.0 Å². The number of nitrogens with zero attached hydrogens (tertiary/aromatic N) is 1. The Bertz CT molecular complexity index is 855. The summed E-state index contributed by atoms with van der Waals surface area (Å²) in [5.41, 5.74) is 2.14. The first kappa shape index (κ1) is 15.0. The van der Waals surface area contributed by atoms with Gasteiger partial charge in [0, 0.05) is 42.2 Å². The van der Waals surface area contributed by atoms with Gasteiger partial charge in [-0.05, 0) is 29.5 Å². The van der Waals surface area contributed by atoms with Crippen LogP contribution in [0, 0.1) is 5.92 Å². The first-order valence-corrected chi connectivity index (χ1v) is 8.44. The lowest BCUT2D eigenvalue weighted by atomic mass is 9.84. The van der Waals surface area contributed by atoms with Crippen LogP contribution in [-0.2, 0) is 0 Å². The van der Waals surface area contributed by atoms with Gasteiger partial charge in [0.1, 0.15) is 0 Å². The molecular weight excluding hydrogens is 296 g/mol. The third-order valence-electron chi connectivity index (χ3n) is 5.00. The fraction of sp³-hybridized carbons (Fsp3) is 0.238. The molecule has 3 heteroatoms. The number of hydrogen-bond donors (Lipinski definition) is 1. The van der Waals surface area contributed by atoms with Crippen LogP contribution in [0.3, 0.4) is 0 Å². The van der Waals surface area contributed by atoms with Crippen molar-refractivity contribution in [1.82, 2.24) is 10.3 Å². The average molecular weight is 316 g/mol. The van der Waals surface area contributed by atoms with E-state index in [1.807, 2.05) is 36.5 Å². The molecule has 0 bridgehead atoms. The highest BCUT2D eigenvalue weighted by Gasteiger charge is 2.30. The molecule has 1 N–H and O–H groups in total. The quantitative estimate of drug-likeness (QED) is 0.744. The summed E-state index contributed by atoms with van der Waals surface area (Å²) < 4.78 is 0. The molecule has 1 aliphatic heterocycles. The van der Waals surface area contributed by atoms with Crippen molar-refractivity contribution in [1.29, 1.82) is 0 Å². The van der Waals surface area contributed by atoms with E-state index < -0.39 is 0 Å². The van der Waals surface area contributed by atoms with E-state index in [0.29, 0.717) is 18.3 Å². The van der Waals surface area contributed by atoms with Gasteiger partial charge in [0.05, 0.1) is 0 Å². The monoisotopic (exact) mass is 316 g/mol. The topological polar surface area (TPSA) is 42.0 Å². The van der Waals surface area contributed by atoms with Crippen molar-refractivity contribution in [2.45, 2.75) is 12.3 Å². The van der Waals surface area contributed by atoms with E-state index in [9.17, 15) is 4.79 Å². The molecule has 1 aromatic heterocycles. The molecule has 1 aliphatic rings. The summed E-state index contributed by atoms with van der Waals surface area (Å²) >= 11 is 0. The molecular formula is C21H20N2O. The number of nitrogens with one attached hydrogen (secondary N) is 1. The molecule has 0 amide bonds. The highest BCUT2D eigenvalue weighted by Crippen LogP contribution is 2.32. The molecule has 0 saturated carbocycles. The zero-order chi connectivity index (χ0) is 16.4. The van der Waals surface area contributed by atoms with Crippen molar-refractivity contribution < 1.29 is 4.79 Å². The second-order valence-electron chi connectivity index (χ2n) is 6.47. The predicted octanol–water partition coefficient (Wildman–Crippen LogP) is 3.81. The van der Waals surface area contributed by atoms with Gasteiger partial charge in [-0.15, -0.1) is 0 Å². The van der Waals surface area contributed by atoms with Crippen LogP contribution in [-0.4, -0.2) is 23.9 Å². The molecule has 4 rings (SSSR count). The molecule has 2 heterocycles. The number of pyridine rings is 1. The van der Waals surface area contributed by atoms with Gasteiger partial charge < -0.3 is 5.32 Å². The average Bonchev–Trinajstić information content (AvgIpc) is 3.10. The number of benzene rings is 2. The van der Waals surface area contributed by atoms with Crippen molar-refractivity contribution in [2.24, 2.45) is 5.92 Å². The minimum Gasteiger partial charge on any atom is -0.316 e. The molecule has 24 heavy (non-hydrogen) atoms. The Balaban J connectivity index is 1.59. The molecule has 2 atom stereocenters. The van der Waals surface area contributed by atoms with Gasteiger partial charge in [-0.1, -0.05) is 48.5 Å². The van der Waals surface area contributed by atoms with Crippen LogP contribution in [0.5, 0.6) is 0 Å². The van der Waals surface area contributed by atoms with E-state index in [4.69, 9.17) is 0 Å². The highest BCUT2D eigenvalue weighted by atomic mass is 16.1. The molecule has 3 aromatic rings. The summed E-state index contributed by atoms with van der Waals surface area (Å²) in [4.78, 5) is 17.1. The van der Waals surface area contributed by atoms with Gasteiger partial charge in [-0.3, -0.25) is 9.78 Å². The maximum absolute atomic E-state index is 12.9. The maximum Gasteiger partial charge on any atom is 0.163 e. The standard InChI is InChI=1S/C21H20N2O/c24-21(19-8-4-7-16-12-22-10-9-18(16)19)11-17-13-23-14-20(17)15-5-2-1-3-6-15/h1-10,12,17,20,23H,11,13-14H2. The van der Waals surface area contributed by atoms with E-state index in [1.54, 1.807) is 6.20 Å². The zero-order valence-electron chi connectivity index (χ0n) is 13.5. The minimum absolute atomic E-state index is 0.224. The van der Waals surface area contributed by atoms with Crippen LogP contribution in [0.2, 0.25) is 0 Å². The molecule has 120 valence electrons. The Morgan fingerprint density at radius 1 is 1.04 bits per heavy atom. The van der Waals surface area contributed by atoms with Crippen molar-refractivity contribution in [3.05, 3.63) is 78.1 Å². The Morgan fingerprint density at radius 3 is 2.79 bits per heavy atom. The largest absolute Gasteiger partial charge is 0.316 e. The Labute approximate surface area is 141 Å². The molecule has 0 spiro atoms. The third-order valence-corrected chi connectivity index (χ3v) is 5.00. The molecule has 2 aromatic carbocycles. The number of carbonyl (C=O) groups excluding carboxylic acids is 1. The molecule has 1 saturated heterocycles. The van der Waals surface area contributed by atoms with Crippen molar-refractivity contribution in [3.63, 3.8) is 0 Å². The number of aromatic nitrogens is 1. The summed E-state index contributed by atoms with van der Waals surface area (Å²) in [6, 6.07) is 18.3. The number of rotatable bonds is 4. The lowest BCUT2D eigenvalue weighted by molar-refractivity contribution is 0.0963. The third kappa shape index (κ3) is 2.83. The minimum atomic E-state index is 0.224. The Kier molecular flexibility index (Phi) is 4.09. The van der Waals surface area contributed by atoms with E-state index in [1.165, 1.54) is 5.56 Å². The van der Waals surface area contributed by atoms with Crippen LogP contribution in [0.1, 0.15) is 28.3 Å². The Hall–Kier alpha value is -2.52. The van der Waals surface area contributed by atoms with Crippen molar-refractivity contribution >= 4 is 16.6 Å². The molecule has 1 fully saturated rings. The van der Waals surface area contributed by atoms with Gasteiger partial charge >= 0.3 is 0 Å². The van der Waals surface area contributed by atoms with E-state index in [-0.39, 0.29) is 5.78 Å².